The number of imidazole rings is 1. The van der Waals surface area contributed by atoms with Gasteiger partial charge in [0.2, 0.25) is 6.33 Å². The monoisotopic (exact) mass is 439 g/mol. The second kappa shape index (κ2) is 17.0. The summed E-state index contributed by atoms with van der Waals surface area (Å²) in [6, 6.07) is 11.7. The van der Waals surface area contributed by atoms with Gasteiger partial charge in [0.1, 0.15) is 18.4 Å². The molecule has 0 aliphatic heterocycles. The van der Waals surface area contributed by atoms with Gasteiger partial charge in [-0.1, -0.05) is 135 Å². The number of unbranched alkanes of at least 4 members (excludes halogenated alkanes) is 12. The zero-order valence-electron chi connectivity index (χ0n) is 21.4. The van der Waals surface area contributed by atoms with Crippen LogP contribution in [0.5, 0.6) is 0 Å². The largest absolute Gasteiger partial charge is 0.250 e. The van der Waals surface area contributed by atoms with E-state index in [-0.39, 0.29) is 0 Å². The average Bonchev–Trinajstić information content (AvgIpc) is 3.31. The van der Waals surface area contributed by atoms with Gasteiger partial charge in [-0.3, -0.25) is 4.98 Å². The highest BCUT2D eigenvalue weighted by Crippen LogP contribution is 2.30. The van der Waals surface area contributed by atoms with Crippen LogP contribution in [0, 0.1) is 11.8 Å². The predicted octanol–water partition coefficient (Wildman–Crippen LogP) is 8.84. The molecule has 0 aliphatic carbocycles. The summed E-state index contributed by atoms with van der Waals surface area (Å²) >= 11 is 0. The van der Waals surface area contributed by atoms with Crippen LogP contribution in [0.4, 0.5) is 0 Å². The van der Waals surface area contributed by atoms with E-state index in [1.165, 1.54) is 102 Å². The topological polar surface area (TPSA) is 19.7 Å². The SMILES string of the molecule is CCCCCCCCCCCCCCCC(Cc1ccccc1)C(C(C)C)[n+]1cc[nH]c1. The van der Waals surface area contributed by atoms with Gasteiger partial charge >= 0.3 is 0 Å². The summed E-state index contributed by atoms with van der Waals surface area (Å²) in [6.07, 6.45) is 27.5. The lowest BCUT2D eigenvalue weighted by molar-refractivity contribution is -0.735. The summed E-state index contributed by atoms with van der Waals surface area (Å²) in [5, 5.41) is 0. The van der Waals surface area contributed by atoms with E-state index in [0.29, 0.717) is 17.9 Å². The Hall–Kier alpha value is -1.57. The Labute approximate surface area is 199 Å². The molecule has 2 aromatic rings. The molecule has 2 rings (SSSR count). The molecule has 1 heterocycles. The zero-order valence-corrected chi connectivity index (χ0v) is 21.4. The lowest BCUT2D eigenvalue weighted by Crippen LogP contribution is -2.45. The Morgan fingerprint density at radius 2 is 1.31 bits per heavy atom. The molecule has 1 aromatic heterocycles. The van der Waals surface area contributed by atoms with Crippen molar-refractivity contribution in [3.8, 4) is 0 Å². The molecular weight excluding hydrogens is 388 g/mol. The van der Waals surface area contributed by atoms with Gasteiger partial charge < -0.3 is 0 Å². The first-order chi connectivity index (χ1) is 15.7. The van der Waals surface area contributed by atoms with Gasteiger partial charge in [0.15, 0.2) is 0 Å². The van der Waals surface area contributed by atoms with E-state index in [4.69, 9.17) is 0 Å². The van der Waals surface area contributed by atoms with Crippen LogP contribution < -0.4 is 4.57 Å². The fraction of sp³-hybridized carbons (Fsp3) is 0.700. The molecule has 2 heteroatoms. The van der Waals surface area contributed by atoms with E-state index in [1.54, 1.807) is 0 Å². The smallest absolute Gasteiger partial charge is 0.241 e. The molecule has 2 nitrogen and oxygen atoms in total. The van der Waals surface area contributed by atoms with E-state index in [2.05, 4.69) is 79.4 Å². The maximum absolute atomic E-state index is 3.26. The number of hydrogen-bond acceptors (Lipinski definition) is 0. The van der Waals surface area contributed by atoms with Crippen LogP contribution in [0.15, 0.2) is 49.1 Å². The normalized spacial score (nSPS) is 13.5. The van der Waals surface area contributed by atoms with Gasteiger partial charge in [-0.2, -0.15) is 0 Å². The minimum atomic E-state index is 0.554. The van der Waals surface area contributed by atoms with Crippen LogP contribution in [0.3, 0.4) is 0 Å². The fourth-order valence-corrected chi connectivity index (χ4v) is 5.35. The number of H-pyrrole nitrogens is 1. The van der Waals surface area contributed by atoms with Gasteiger partial charge in [-0.05, 0) is 24.3 Å². The summed E-state index contributed by atoms with van der Waals surface area (Å²) in [5.41, 5.74) is 1.48. The molecule has 2 unspecified atom stereocenters. The first-order valence-electron chi connectivity index (χ1n) is 13.8. The molecule has 0 bridgehead atoms. The molecule has 1 aromatic carbocycles. The van der Waals surface area contributed by atoms with Crippen molar-refractivity contribution < 1.29 is 4.57 Å². The highest BCUT2D eigenvalue weighted by Gasteiger charge is 2.29. The molecule has 180 valence electrons. The molecular formula is C30H51N2+. The van der Waals surface area contributed by atoms with Crippen molar-refractivity contribution in [1.82, 2.24) is 4.98 Å². The standard InChI is InChI=1S/C30H50N2/c1-4-5-6-7-8-9-10-11-12-13-14-15-19-22-29(25-28-20-17-16-18-21-28)30(27(2)3)32-24-23-31-26-32/h16-18,20-21,23-24,26-27,29-30H,4-15,19,22,25H2,1-3H3/p+1. The molecule has 0 saturated carbocycles. The lowest BCUT2D eigenvalue weighted by atomic mass is 9.82. The summed E-state index contributed by atoms with van der Waals surface area (Å²) < 4.78 is 2.42. The number of nitrogens with zero attached hydrogens (tertiary/aromatic N) is 1. The van der Waals surface area contributed by atoms with Crippen molar-refractivity contribution in [2.45, 2.75) is 123 Å². The van der Waals surface area contributed by atoms with E-state index in [9.17, 15) is 0 Å². The van der Waals surface area contributed by atoms with Crippen LogP contribution >= 0.6 is 0 Å². The zero-order chi connectivity index (χ0) is 22.9. The molecule has 0 aliphatic rings. The molecule has 0 amide bonds. The Morgan fingerprint density at radius 3 is 1.81 bits per heavy atom. The maximum atomic E-state index is 3.26. The van der Waals surface area contributed by atoms with Gasteiger partial charge in [0.25, 0.3) is 0 Å². The van der Waals surface area contributed by atoms with Crippen LogP contribution in [-0.2, 0) is 6.42 Å². The first-order valence-corrected chi connectivity index (χ1v) is 13.8. The Balaban J connectivity index is 1.68. The van der Waals surface area contributed by atoms with E-state index < -0.39 is 0 Å². The highest BCUT2D eigenvalue weighted by atomic mass is 15.1. The van der Waals surface area contributed by atoms with E-state index in [0.717, 1.165) is 0 Å². The van der Waals surface area contributed by atoms with Crippen molar-refractivity contribution in [2.24, 2.45) is 11.8 Å². The van der Waals surface area contributed by atoms with Crippen LogP contribution in [0.25, 0.3) is 0 Å². The Morgan fingerprint density at radius 1 is 0.750 bits per heavy atom. The van der Waals surface area contributed by atoms with Crippen molar-refractivity contribution in [2.75, 3.05) is 0 Å². The van der Waals surface area contributed by atoms with Crippen molar-refractivity contribution in [3.63, 3.8) is 0 Å². The predicted molar refractivity (Wildman–Crippen MR) is 139 cm³/mol. The highest BCUT2D eigenvalue weighted by molar-refractivity contribution is 5.15. The summed E-state index contributed by atoms with van der Waals surface area (Å²) in [4.78, 5) is 3.26. The van der Waals surface area contributed by atoms with Crippen LogP contribution in [0.1, 0.15) is 122 Å². The Bertz CT molecular complexity index is 647. The minimum absolute atomic E-state index is 0.554. The van der Waals surface area contributed by atoms with Crippen LogP contribution in [-0.4, -0.2) is 4.98 Å². The third kappa shape index (κ3) is 10.8. The third-order valence-electron chi connectivity index (χ3n) is 7.10. The molecule has 2 atom stereocenters. The maximum Gasteiger partial charge on any atom is 0.241 e. The van der Waals surface area contributed by atoms with E-state index in [1.807, 2.05) is 0 Å². The van der Waals surface area contributed by atoms with Crippen molar-refractivity contribution in [1.29, 1.82) is 0 Å². The number of nitrogens with one attached hydrogen (secondary N) is 1. The molecule has 32 heavy (non-hydrogen) atoms. The summed E-state index contributed by atoms with van der Waals surface area (Å²) in [6.45, 7) is 7.06. The van der Waals surface area contributed by atoms with Gasteiger partial charge in [-0.15, -0.1) is 0 Å². The molecule has 1 N–H and O–H groups in total. The summed E-state index contributed by atoms with van der Waals surface area (Å²) in [5.74, 6) is 1.32. The van der Waals surface area contributed by atoms with Gasteiger partial charge in [-0.25, -0.2) is 4.57 Å². The second-order valence-corrected chi connectivity index (χ2v) is 10.3. The molecule has 0 saturated heterocycles. The van der Waals surface area contributed by atoms with Crippen LogP contribution in [0.2, 0.25) is 0 Å². The van der Waals surface area contributed by atoms with E-state index >= 15 is 0 Å². The number of aromatic nitrogens is 2. The number of rotatable bonds is 19. The third-order valence-corrected chi connectivity index (χ3v) is 7.10. The number of hydrogen-bond donors (Lipinski definition) is 1. The Kier molecular flexibility index (Phi) is 14.2. The quantitative estimate of drug-likeness (QED) is 0.167. The fourth-order valence-electron chi connectivity index (χ4n) is 5.35. The molecule has 0 fully saturated rings. The second-order valence-electron chi connectivity index (χ2n) is 10.3. The number of benzene rings is 1. The molecule has 0 spiro atoms. The summed E-state index contributed by atoms with van der Waals surface area (Å²) in [7, 11) is 0. The number of aromatic amines is 1. The van der Waals surface area contributed by atoms with Gasteiger partial charge in [0, 0.05) is 5.92 Å². The minimum Gasteiger partial charge on any atom is -0.250 e. The molecule has 0 radical (unpaired) electrons. The lowest BCUT2D eigenvalue weighted by Gasteiger charge is -2.28. The van der Waals surface area contributed by atoms with Gasteiger partial charge in [0.05, 0.1) is 0 Å². The average molecular weight is 440 g/mol. The van der Waals surface area contributed by atoms with Crippen molar-refractivity contribution >= 4 is 0 Å². The first kappa shape index (κ1) is 26.7. The van der Waals surface area contributed by atoms with Crippen molar-refractivity contribution in [3.05, 3.63) is 54.6 Å².